The molecule has 0 unspecified atom stereocenters. The van der Waals surface area contributed by atoms with Crippen molar-refractivity contribution in [3.63, 3.8) is 0 Å². The molecule has 0 aliphatic heterocycles. The number of ketones is 1. The van der Waals surface area contributed by atoms with Crippen LogP contribution >= 0.6 is 11.6 Å². The Labute approximate surface area is 126 Å². The fourth-order valence-electron chi connectivity index (χ4n) is 2.05. The first kappa shape index (κ1) is 13.4. The minimum Gasteiger partial charge on any atom is -0.397 e. The van der Waals surface area contributed by atoms with E-state index in [9.17, 15) is 4.79 Å². The molecule has 4 nitrogen and oxygen atoms in total. The molecule has 1 aromatic heterocycles. The Morgan fingerprint density at radius 1 is 1.10 bits per heavy atom. The Kier molecular flexibility index (Phi) is 3.46. The number of hydrogen-bond acceptors (Lipinski definition) is 3. The third kappa shape index (κ3) is 2.53. The number of carbonyl (C=O) groups is 1. The quantitative estimate of drug-likeness (QED) is 0.596. The van der Waals surface area contributed by atoms with E-state index in [4.69, 9.17) is 17.3 Å². The molecule has 0 atom stereocenters. The number of nitrogen functional groups attached to an aromatic ring is 1. The van der Waals surface area contributed by atoms with Gasteiger partial charge in [0.25, 0.3) is 0 Å². The fraction of sp³-hybridized carbons (Fsp3) is 0. The van der Waals surface area contributed by atoms with Gasteiger partial charge in [-0.25, -0.2) is 4.68 Å². The first-order valence-corrected chi connectivity index (χ1v) is 6.73. The molecule has 0 radical (unpaired) electrons. The van der Waals surface area contributed by atoms with Gasteiger partial charge in [0.15, 0.2) is 5.78 Å². The van der Waals surface area contributed by atoms with E-state index >= 15 is 0 Å². The molecule has 3 rings (SSSR count). The van der Waals surface area contributed by atoms with Crippen LogP contribution in [0.15, 0.2) is 60.9 Å². The molecule has 2 N–H and O–H groups in total. The number of halogens is 1. The molecule has 1 heterocycles. The maximum Gasteiger partial charge on any atom is 0.198 e. The summed E-state index contributed by atoms with van der Waals surface area (Å²) in [6.07, 6.45) is 3.20. The monoisotopic (exact) mass is 297 g/mol. The van der Waals surface area contributed by atoms with Crippen LogP contribution in [-0.4, -0.2) is 15.6 Å². The second kappa shape index (κ2) is 5.42. The molecule has 104 valence electrons. The van der Waals surface area contributed by atoms with Gasteiger partial charge in [-0.15, -0.1) is 0 Å². The highest BCUT2D eigenvalue weighted by Gasteiger charge is 2.16. The average Bonchev–Trinajstić information content (AvgIpc) is 3.00. The van der Waals surface area contributed by atoms with Gasteiger partial charge in [-0.05, 0) is 24.3 Å². The number of carbonyl (C=O) groups excluding carboxylic acids is 1. The summed E-state index contributed by atoms with van der Waals surface area (Å²) in [7, 11) is 0. The zero-order valence-corrected chi connectivity index (χ0v) is 11.8. The summed E-state index contributed by atoms with van der Waals surface area (Å²) in [6, 6.07) is 14.6. The minimum absolute atomic E-state index is 0.197. The number of para-hydroxylation sites is 2. The Hall–Kier alpha value is -2.59. The third-order valence-electron chi connectivity index (χ3n) is 3.16. The highest BCUT2D eigenvalue weighted by Crippen LogP contribution is 2.24. The van der Waals surface area contributed by atoms with Crippen molar-refractivity contribution >= 4 is 23.1 Å². The summed E-state index contributed by atoms with van der Waals surface area (Å²) in [6.45, 7) is 0. The van der Waals surface area contributed by atoms with Crippen molar-refractivity contribution in [3.8, 4) is 5.69 Å². The lowest BCUT2D eigenvalue weighted by molar-refractivity contribution is 0.103. The molecule has 21 heavy (non-hydrogen) atoms. The van der Waals surface area contributed by atoms with Crippen molar-refractivity contribution < 1.29 is 4.79 Å². The molecule has 0 bridgehead atoms. The van der Waals surface area contributed by atoms with Gasteiger partial charge in [0.05, 0.1) is 28.2 Å². The molecule has 3 aromatic rings. The van der Waals surface area contributed by atoms with E-state index in [1.807, 2.05) is 30.3 Å². The van der Waals surface area contributed by atoms with E-state index in [0.717, 1.165) is 5.69 Å². The largest absolute Gasteiger partial charge is 0.397 e. The molecule has 0 fully saturated rings. The number of hydrogen-bond donors (Lipinski definition) is 1. The van der Waals surface area contributed by atoms with Crippen LogP contribution in [0.1, 0.15) is 15.9 Å². The summed E-state index contributed by atoms with van der Waals surface area (Å²) >= 11 is 5.95. The van der Waals surface area contributed by atoms with Gasteiger partial charge in [-0.2, -0.15) is 5.10 Å². The summed E-state index contributed by atoms with van der Waals surface area (Å²) in [5.41, 5.74) is 7.88. The molecular formula is C16H12ClN3O. The van der Waals surface area contributed by atoms with Crippen molar-refractivity contribution in [1.29, 1.82) is 0 Å². The predicted molar refractivity (Wildman–Crippen MR) is 82.9 cm³/mol. The van der Waals surface area contributed by atoms with Crippen LogP contribution in [0.5, 0.6) is 0 Å². The Morgan fingerprint density at radius 2 is 1.86 bits per heavy atom. The van der Waals surface area contributed by atoms with E-state index in [0.29, 0.717) is 16.1 Å². The summed E-state index contributed by atoms with van der Waals surface area (Å²) < 4.78 is 1.65. The van der Waals surface area contributed by atoms with Crippen LogP contribution in [0.25, 0.3) is 5.69 Å². The third-order valence-corrected chi connectivity index (χ3v) is 3.49. The Bertz CT molecular complexity index is 796. The first-order valence-electron chi connectivity index (χ1n) is 6.35. The van der Waals surface area contributed by atoms with Gasteiger partial charge in [-0.1, -0.05) is 35.9 Å². The predicted octanol–water partition coefficient (Wildman–Crippen LogP) is 3.34. The Balaban J connectivity index is 1.97. The molecule has 0 amide bonds. The highest BCUT2D eigenvalue weighted by atomic mass is 35.5. The molecule has 2 aromatic carbocycles. The van der Waals surface area contributed by atoms with Crippen molar-refractivity contribution in [3.05, 3.63) is 77.1 Å². The van der Waals surface area contributed by atoms with Crippen molar-refractivity contribution in [2.75, 3.05) is 5.73 Å². The van der Waals surface area contributed by atoms with E-state index in [1.54, 1.807) is 29.1 Å². The van der Waals surface area contributed by atoms with Gasteiger partial charge in [0.2, 0.25) is 0 Å². The van der Waals surface area contributed by atoms with Crippen LogP contribution < -0.4 is 5.73 Å². The second-order valence-electron chi connectivity index (χ2n) is 4.54. The SMILES string of the molecule is Nc1c(Cl)cccc1C(=O)c1cnn(-c2ccccc2)c1. The normalized spacial score (nSPS) is 10.5. The van der Waals surface area contributed by atoms with Crippen LogP contribution in [-0.2, 0) is 0 Å². The van der Waals surface area contributed by atoms with Gasteiger partial charge in [0.1, 0.15) is 0 Å². The standard InChI is InChI=1S/C16H12ClN3O/c17-14-8-4-7-13(15(14)18)16(21)11-9-19-20(10-11)12-5-2-1-3-6-12/h1-10H,18H2. The van der Waals surface area contributed by atoms with E-state index in [1.165, 1.54) is 6.20 Å². The number of aromatic nitrogens is 2. The molecular weight excluding hydrogens is 286 g/mol. The topological polar surface area (TPSA) is 60.9 Å². The first-order chi connectivity index (χ1) is 10.2. The molecule has 0 aliphatic carbocycles. The molecule has 0 aliphatic rings. The zero-order valence-electron chi connectivity index (χ0n) is 11.0. The fourth-order valence-corrected chi connectivity index (χ4v) is 2.23. The van der Waals surface area contributed by atoms with E-state index in [-0.39, 0.29) is 11.5 Å². The van der Waals surface area contributed by atoms with Gasteiger partial charge < -0.3 is 5.73 Å². The molecule has 0 saturated heterocycles. The summed E-state index contributed by atoms with van der Waals surface area (Å²) in [5.74, 6) is -0.197. The maximum atomic E-state index is 12.5. The lowest BCUT2D eigenvalue weighted by atomic mass is 10.0. The highest BCUT2D eigenvalue weighted by molar-refractivity contribution is 6.34. The van der Waals surface area contributed by atoms with Crippen molar-refractivity contribution in [2.24, 2.45) is 0 Å². The smallest absolute Gasteiger partial charge is 0.198 e. The lowest BCUT2D eigenvalue weighted by Crippen LogP contribution is -2.05. The molecule has 5 heteroatoms. The van der Waals surface area contributed by atoms with Crippen LogP contribution in [0.4, 0.5) is 5.69 Å². The Morgan fingerprint density at radius 3 is 2.62 bits per heavy atom. The van der Waals surface area contributed by atoms with Crippen molar-refractivity contribution in [1.82, 2.24) is 9.78 Å². The average molecular weight is 298 g/mol. The summed E-state index contributed by atoms with van der Waals surface area (Å²) in [5, 5.41) is 4.58. The number of benzene rings is 2. The van der Waals surface area contributed by atoms with E-state index in [2.05, 4.69) is 5.10 Å². The van der Waals surface area contributed by atoms with Crippen LogP contribution in [0.3, 0.4) is 0 Å². The molecule has 0 spiro atoms. The summed E-state index contributed by atoms with van der Waals surface area (Å²) in [4.78, 5) is 12.5. The number of nitrogens with two attached hydrogens (primary N) is 1. The van der Waals surface area contributed by atoms with Gasteiger partial charge in [-0.3, -0.25) is 4.79 Å². The van der Waals surface area contributed by atoms with Gasteiger partial charge >= 0.3 is 0 Å². The van der Waals surface area contributed by atoms with Crippen LogP contribution in [0.2, 0.25) is 5.02 Å². The lowest BCUT2D eigenvalue weighted by Gasteiger charge is -2.04. The number of anilines is 1. The molecule has 0 saturated carbocycles. The van der Waals surface area contributed by atoms with E-state index < -0.39 is 0 Å². The van der Waals surface area contributed by atoms with Crippen LogP contribution in [0, 0.1) is 0 Å². The van der Waals surface area contributed by atoms with Crippen molar-refractivity contribution in [2.45, 2.75) is 0 Å². The minimum atomic E-state index is -0.197. The number of rotatable bonds is 3. The van der Waals surface area contributed by atoms with Gasteiger partial charge in [0, 0.05) is 11.8 Å². The zero-order chi connectivity index (χ0) is 14.8. The number of nitrogens with zero attached hydrogens (tertiary/aromatic N) is 2. The maximum absolute atomic E-state index is 12.5. The second-order valence-corrected chi connectivity index (χ2v) is 4.95.